The molecule has 0 aliphatic heterocycles. The van der Waals surface area contributed by atoms with Crippen LogP contribution in [-0.4, -0.2) is 47.0 Å². The maximum absolute atomic E-state index is 13.7. The van der Waals surface area contributed by atoms with Crippen molar-refractivity contribution >= 4 is 17.9 Å². The Bertz CT molecular complexity index is 845. The molecule has 2 atom stereocenters. The first kappa shape index (κ1) is 30.5. The van der Waals surface area contributed by atoms with Gasteiger partial charge in [-0.3, -0.25) is 9.59 Å². The summed E-state index contributed by atoms with van der Waals surface area (Å²) < 4.78 is 5.34. The molecule has 7 heteroatoms. The summed E-state index contributed by atoms with van der Waals surface area (Å²) in [7, 11) is 0. The second-order valence-corrected chi connectivity index (χ2v) is 10.7. The first-order valence-electron chi connectivity index (χ1n) is 12.9. The minimum absolute atomic E-state index is 0.0745. The van der Waals surface area contributed by atoms with Gasteiger partial charge in [-0.15, -0.1) is 0 Å². The van der Waals surface area contributed by atoms with E-state index in [9.17, 15) is 14.4 Å². The van der Waals surface area contributed by atoms with Gasteiger partial charge in [-0.25, -0.2) is 4.79 Å². The lowest BCUT2D eigenvalue weighted by atomic mass is 9.96. The van der Waals surface area contributed by atoms with Gasteiger partial charge in [0.2, 0.25) is 11.8 Å². The molecule has 0 saturated carbocycles. The van der Waals surface area contributed by atoms with Gasteiger partial charge in [-0.05, 0) is 72.9 Å². The van der Waals surface area contributed by atoms with Crippen molar-refractivity contribution in [2.45, 2.75) is 118 Å². The number of amides is 3. The van der Waals surface area contributed by atoms with E-state index < -0.39 is 23.8 Å². The van der Waals surface area contributed by atoms with Crippen molar-refractivity contribution in [3.63, 3.8) is 0 Å². The summed E-state index contributed by atoms with van der Waals surface area (Å²) in [4.78, 5) is 41.2. The van der Waals surface area contributed by atoms with Crippen LogP contribution >= 0.6 is 0 Å². The van der Waals surface area contributed by atoms with E-state index >= 15 is 0 Å². The number of unbranched alkanes of at least 4 members (excludes halogenated alkanes) is 4. The fraction of sp³-hybridized carbons (Fsp3) is 0.679. The molecule has 1 aromatic carbocycles. The smallest absolute Gasteiger partial charge is 0.408 e. The van der Waals surface area contributed by atoms with Gasteiger partial charge in [-0.2, -0.15) is 0 Å². The molecule has 0 bridgehead atoms. The van der Waals surface area contributed by atoms with Crippen LogP contribution in [0.3, 0.4) is 0 Å². The highest BCUT2D eigenvalue weighted by Gasteiger charge is 2.35. The SMILES string of the molecule is CCCCCCCN(C(=O)C(C)NC(=O)OC(C)(C)C)C(C(=O)NC(C)C)c1ccc(C)cc1C. The zero-order valence-electron chi connectivity index (χ0n) is 23.3. The normalized spacial score (nSPS) is 13.2. The third-order valence-corrected chi connectivity index (χ3v) is 5.60. The van der Waals surface area contributed by atoms with Crippen molar-refractivity contribution in [3.8, 4) is 0 Å². The van der Waals surface area contributed by atoms with Crippen LogP contribution in [0.1, 0.15) is 103 Å². The van der Waals surface area contributed by atoms with E-state index in [-0.39, 0.29) is 17.9 Å². The van der Waals surface area contributed by atoms with Crippen LogP contribution in [0.5, 0.6) is 0 Å². The highest BCUT2D eigenvalue weighted by molar-refractivity contribution is 5.92. The number of hydrogen-bond donors (Lipinski definition) is 2. The summed E-state index contributed by atoms with van der Waals surface area (Å²) in [6, 6.07) is 4.20. The molecule has 0 spiro atoms. The third-order valence-electron chi connectivity index (χ3n) is 5.60. The summed E-state index contributed by atoms with van der Waals surface area (Å²) >= 11 is 0. The summed E-state index contributed by atoms with van der Waals surface area (Å²) in [6.07, 6.45) is 4.44. The number of carbonyl (C=O) groups is 3. The van der Waals surface area contributed by atoms with Crippen LogP contribution in [0.15, 0.2) is 18.2 Å². The molecule has 2 N–H and O–H groups in total. The number of ether oxygens (including phenoxy) is 1. The molecular weight excluding hydrogens is 442 g/mol. The predicted molar refractivity (Wildman–Crippen MR) is 141 cm³/mol. The molecule has 1 rings (SSSR count). The van der Waals surface area contributed by atoms with Crippen LogP contribution in [0.4, 0.5) is 4.79 Å². The third kappa shape index (κ3) is 10.7. The molecule has 1 aromatic rings. The Morgan fingerprint density at radius 1 is 0.971 bits per heavy atom. The van der Waals surface area contributed by atoms with Crippen LogP contribution < -0.4 is 10.6 Å². The standard InChI is InChI=1S/C28H47N3O4/c1-10-11-12-13-14-17-31(26(33)22(6)30-27(34)35-28(7,8)9)24(25(32)29-19(2)3)23-16-15-20(4)18-21(23)5/h15-16,18-19,22,24H,10-14,17H2,1-9H3,(H,29,32)(H,30,34). The minimum atomic E-state index is -0.847. The Morgan fingerprint density at radius 2 is 1.60 bits per heavy atom. The van der Waals surface area contributed by atoms with E-state index in [0.717, 1.165) is 48.8 Å². The molecule has 3 amide bonds. The number of alkyl carbamates (subject to hydrolysis) is 1. The van der Waals surface area contributed by atoms with Crippen molar-refractivity contribution in [3.05, 3.63) is 34.9 Å². The van der Waals surface area contributed by atoms with Gasteiger partial charge < -0.3 is 20.3 Å². The monoisotopic (exact) mass is 489 g/mol. The van der Waals surface area contributed by atoms with Gasteiger partial charge in [0.25, 0.3) is 0 Å². The van der Waals surface area contributed by atoms with Crippen molar-refractivity contribution in [2.75, 3.05) is 6.54 Å². The predicted octanol–water partition coefficient (Wildman–Crippen LogP) is 5.58. The first-order valence-corrected chi connectivity index (χ1v) is 12.9. The molecule has 198 valence electrons. The van der Waals surface area contributed by atoms with E-state index in [0.29, 0.717) is 6.54 Å². The molecule has 0 aromatic heterocycles. The molecule has 0 fully saturated rings. The molecule has 2 unspecified atom stereocenters. The van der Waals surface area contributed by atoms with E-state index in [2.05, 4.69) is 17.6 Å². The molecule has 7 nitrogen and oxygen atoms in total. The topological polar surface area (TPSA) is 87.7 Å². The molecule has 0 aliphatic rings. The van der Waals surface area contributed by atoms with Gasteiger partial charge in [0.05, 0.1) is 0 Å². The molecule has 0 aliphatic carbocycles. The lowest BCUT2D eigenvalue weighted by Crippen LogP contribution is -2.52. The number of nitrogens with zero attached hydrogens (tertiary/aromatic N) is 1. The number of hydrogen-bond acceptors (Lipinski definition) is 4. The Morgan fingerprint density at radius 3 is 2.14 bits per heavy atom. The van der Waals surface area contributed by atoms with E-state index in [1.165, 1.54) is 0 Å². The van der Waals surface area contributed by atoms with Crippen LogP contribution in [0.2, 0.25) is 0 Å². The van der Waals surface area contributed by atoms with Crippen molar-refractivity contribution < 1.29 is 19.1 Å². The van der Waals surface area contributed by atoms with Gasteiger partial charge >= 0.3 is 6.09 Å². The summed E-state index contributed by atoms with van der Waals surface area (Å²) in [5.74, 6) is -0.534. The average Bonchev–Trinajstić information content (AvgIpc) is 2.71. The van der Waals surface area contributed by atoms with Gasteiger partial charge in [0, 0.05) is 12.6 Å². The number of benzene rings is 1. The molecular formula is C28H47N3O4. The summed E-state index contributed by atoms with van der Waals surface area (Å²) in [6.45, 7) is 17.3. The summed E-state index contributed by atoms with van der Waals surface area (Å²) in [5, 5.41) is 5.65. The highest BCUT2D eigenvalue weighted by atomic mass is 16.6. The maximum Gasteiger partial charge on any atom is 0.408 e. The highest BCUT2D eigenvalue weighted by Crippen LogP contribution is 2.27. The average molecular weight is 490 g/mol. The Kier molecular flexibility index (Phi) is 12.3. The van der Waals surface area contributed by atoms with Crippen LogP contribution in [-0.2, 0) is 14.3 Å². The van der Waals surface area contributed by atoms with E-state index in [1.54, 1.807) is 32.6 Å². The number of rotatable bonds is 12. The Hall–Kier alpha value is -2.57. The van der Waals surface area contributed by atoms with Gasteiger partial charge in [0.15, 0.2) is 0 Å². The second kappa shape index (κ2) is 14.1. The lowest BCUT2D eigenvalue weighted by molar-refractivity contribution is -0.142. The Balaban J connectivity index is 3.33. The molecule has 0 saturated heterocycles. The fourth-order valence-electron chi connectivity index (χ4n) is 3.99. The van der Waals surface area contributed by atoms with E-state index in [1.807, 2.05) is 45.9 Å². The van der Waals surface area contributed by atoms with Gasteiger partial charge in [-0.1, -0.05) is 56.4 Å². The van der Waals surface area contributed by atoms with Crippen LogP contribution in [0.25, 0.3) is 0 Å². The quantitative estimate of drug-likeness (QED) is 0.375. The van der Waals surface area contributed by atoms with Crippen molar-refractivity contribution in [2.24, 2.45) is 0 Å². The van der Waals surface area contributed by atoms with Crippen LogP contribution in [0, 0.1) is 13.8 Å². The minimum Gasteiger partial charge on any atom is -0.444 e. The zero-order valence-corrected chi connectivity index (χ0v) is 23.3. The van der Waals surface area contributed by atoms with Gasteiger partial charge in [0.1, 0.15) is 17.7 Å². The number of nitrogens with one attached hydrogen (secondary N) is 2. The number of aryl methyl sites for hydroxylation is 2. The largest absolute Gasteiger partial charge is 0.444 e. The fourth-order valence-corrected chi connectivity index (χ4v) is 3.99. The molecule has 35 heavy (non-hydrogen) atoms. The lowest BCUT2D eigenvalue weighted by Gasteiger charge is -2.35. The molecule has 0 radical (unpaired) electrons. The molecule has 0 heterocycles. The van der Waals surface area contributed by atoms with Crippen molar-refractivity contribution in [1.82, 2.24) is 15.5 Å². The second-order valence-electron chi connectivity index (χ2n) is 10.7. The summed E-state index contributed by atoms with van der Waals surface area (Å²) in [5.41, 5.74) is 2.15. The first-order chi connectivity index (χ1) is 16.3. The maximum atomic E-state index is 13.7. The van der Waals surface area contributed by atoms with Crippen molar-refractivity contribution in [1.29, 1.82) is 0 Å². The Labute approximate surface area is 212 Å². The number of carbonyl (C=O) groups excluding carboxylic acids is 3. The zero-order chi connectivity index (χ0) is 26.8. The van der Waals surface area contributed by atoms with E-state index in [4.69, 9.17) is 4.74 Å².